The molecule has 0 fully saturated rings. The minimum absolute atomic E-state index is 0.197. The van der Waals surface area contributed by atoms with Gasteiger partial charge in [-0.3, -0.25) is 4.98 Å². The van der Waals surface area contributed by atoms with E-state index in [4.69, 9.17) is 10.9 Å². The van der Waals surface area contributed by atoms with Crippen LogP contribution in [0.15, 0.2) is 29.7 Å². The van der Waals surface area contributed by atoms with Crippen LogP contribution in [0.4, 0.5) is 5.82 Å². The van der Waals surface area contributed by atoms with Crippen molar-refractivity contribution in [1.82, 2.24) is 15.0 Å². The van der Waals surface area contributed by atoms with Crippen LogP contribution < -0.4 is 10.6 Å². The van der Waals surface area contributed by atoms with E-state index < -0.39 is 0 Å². The van der Waals surface area contributed by atoms with Gasteiger partial charge in [0.25, 0.3) is 0 Å². The summed E-state index contributed by atoms with van der Waals surface area (Å²) in [5, 5.41) is 11.4. The second kappa shape index (κ2) is 5.26. The summed E-state index contributed by atoms with van der Waals surface area (Å²) >= 11 is 0. The van der Waals surface area contributed by atoms with Gasteiger partial charge in [0.2, 0.25) is 0 Å². The molecule has 94 valence electrons. The third kappa shape index (κ3) is 2.62. The summed E-state index contributed by atoms with van der Waals surface area (Å²) in [5.74, 6) is 0.969. The van der Waals surface area contributed by atoms with Gasteiger partial charge in [-0.25, -0.2) is 9.97 Å². The Labute approximate surface area is 104 Å². The average Bonchev–Trinajstić information content (AvgIpc) is 2.43. The highest BCUT2D eigenvalue weighted by molar-refractivity contribution is 5.80. The van der Waals surface area contributed by atoms with Crippen LogP contribution in [0.1, 0.15) is 6.42 Å². The Morgan fingerprint density at radius 2 is 2.17 bits per heavy atom. The molecule has 3 N–H and O–H groups in total. The number of oxime groups is 1. The maximum Gasteiger partial charge on any atom is 0.180 e. The summed E-state index contributed by atoms with van der Waals surface area (Å²) in [7, 11) is 1.88. The molecule has 0 aliphatic carbocycles. The van der Waals surface area contributed by atoms with Crippen molar-refractivity contribution in [3.8, 4) is 0 Å². The SMILES string of the molecule is CN(CCC(N)=NO)c1ccc2nccnc2n1. The first-order chi connectivity index (χ1) is 8.70. The van der Waals surface area contributed by atoms with Gasteiger partial charge in [-0.15, -0.1) is 0 Å². The monoisotopic (exact) mass is 246 g/mol. The molecule has 0 saturated carbocycles. The fourth-order valence-electron chi connectivity index (χ4n) is 1.50. The number of hydrogen-bond donors (Lipinski definition) is 2. The Balaban J connectivity index is 2.15. The van der Waals surface area contributed by atoms with Gasteiger partial charge >= 0.3 is 0 Å². The van der Waals surface area contributed by atoms with E-state index in [-0.39, 0.29) is 5.84 Å². The molecule has 7 nitrogen and oxygen atoms in total. The smallest absolute Gasteiger partial charge is 0.180 e. The number of rotatable bonds is 4. The second-order valence-electron chi connectivity index (χ2n) is 3.83. The number of fused-ring (bicyclic) bond motifs is 1. The van der Waals surface area contributed by atoms with E-state index in [1.54, 1.807) is 12.4 Å². The summed E-state index contributed by atoms with van der Waals surface area (Å²) in [4.78, 5) is 14.6. The average molecular weight is 246 g/mol. The molecular weight excluding hydrogens is 232 g/mol. The maximum atomic E-state index is 8.47. The van der Waals surface area contributed by atoms with Crippen LogP contribution in [0.2, 0.25) is 0 Å². The van der Waals surface area contributed by atoms with Gasteiger partial charge in [0.1, 0.15) is 17.2 Å². The predicted molar refractivity (Wildman–Crippen MR) is 68.6 cm³/mol. The lowest BCUT2D eigenvalue weighted by Gasteiger charge is -2.17. The molecule has 2 rings (SSSR count). The summed E-state index contributed by atoms with van der Waals surface area (Å²) in [6.45, 7) is 0.606. The third-order valence-electron chi connectivity index (χ3n) is 2.54. The van der Waals surface area contributed by atoms with Crippen LogP contribution in [0.3, 0.4) is 0 Å². The van der Waals surface area contributed by atoms with Crippen molar-refractivity contribution in [2.24, 2.45) is 10.9 Å². The molecule has 0 aliphatic heterocycles. The molecule has 0 bridgehead atoms. The largest absolute Gasteiger partial charge is 0.409 e. The zero-order valence-corrected chi connectivity index (χ0v) is 9.98. The first-order valence-corrected chi connectivity index (χ1v) is 5.46. The highest BCUT2D eigenvalue weighted by Crippen LogP contribution is 2.13. The summed E-state index contributed by atoms with van der Waals surface area (Å²) in [5.41, 5.74) is 6.78. The predicted octanol–water partition coefficient (Wildman–Crippen LogP) is 0.597. The van der Waals surface area contributed by atoms with Crippen LogP contribution >= 0.6 is 0 Å². The molecule has 2 heterocycles. The number of pyridine rings is 1. The van der Waals surface area contributed by atoms with E-state index >= 15 is 0 Å². The van der Waals surface area contributed by atoms with E-state index in [1.807, 2.05) is 24.1 Å². The van der Waals surface area contributed by atoms with Crippen LogP contribution in [0, 0.1) is 0 Å². The molecule has 18 heavy (non-hydrogen) atoms. The summed E-state index contributed by atoms with van der Waals surface area (Å²) in [6, 6.07) is 3.73. The molecule has 0 amide bonds. The molecular formula is C11H14N6O. The molecule has 0 radical (unpaired) electrons. The Kier molecular flexibility index (Phi) is 3.52. The minimum atomic E-state index is 0.197. The fraction of sp³-hybridized carbons (Fsp3) is 0.273. The zero-order chi connectivity index (χ0) is 13.0. The molecule has 0 unspecified atom stereocenters. The molecule has 2 aromatic rings. The number of aromatic nitrogens is 3. The normalized spacial score (nSPS) is 11.7. The summed E-state index contributed by atoms with van der Waals surface area (Å²) < 4.78 is 0. The zero-order valence-electron chi connectivity index (χ0n) is 9.98. The summed E-state index contributed by atoms with van der Waals surface area (Å²) in [6.07, 6.45) is 3.70. The highest BCUT2D eigenvalue weighted by Gasteiger charge is 2.05. The highest BCUT2D eigenvalue weighted by atomic mass is 16.4. The van der Waals surface area contributed by atoms with Crippen molar-refractivity contribution in [3.05, 3.63) is 24.5 Å². The van der Waals surface area contributed by atoms with Gasteiger partial charge in [-0.05, 0) is 12.1 Å². The second-order valence-corrected chi connectivity index (χ2v) is 3.83. The van der Waals surface area contributed by atoms with Gasteiger partial charge in [-0.1, -0.05) is 5.16 Å². The van der Waals surface area contributed by atoms with Gasteiger partial charge in [-0.2, -0.15) is 0 Å². The number of nitrogens with zero attached hydrogens (tertiary/aromatic N) is 5. The van der Waals surface area contributed by atoms with Gasteiger partial charge < -0.3 is 15.8 Å². The van der Waals surface area contributed by atoms with E-state index in [1.165, 1.54) is 0 Å². The van der Waals surface area contributed by atoms with Crippen molar-refractivity contribution in [2.75, 3.05) is 18.5 Å². The number of hydrogen-bond acceptors (Lipinski definition) is 6. The Morgan fingerprint density at radius 3 is 2.94 bits per heavy atom. The van der Waals surface area contributed by atoms with Crippen molar-refractivity contribution < 1.29 is 5.21 Å². The minimum Gasteiger partial charge on any atom is -0.409 e. The third-order valence-corrected chi connectivity index (χ3v) is 2.54. The first kappa shape index (κ1) is 12.0. The molecule has 0 saturated heterocycles. The fourth-order valence-corrected chi connectivity index (χ4v) is 1.50. The number of amidine groups is 1. The van der Waals surface area contributed by atoms with Gasteiger partial charge in [0.05, 0.1) is 0 Å². The molecule has 2 aromatic heterocycles. The van der Waals surface area contributed by atoms with Crippen LogP contribution in [-0.4, -0.2) is 39.6 Å². The molecule has 0 atom stereocenters. The van der Waals surface area contributed by atoms with Crippen LogP contribution in [-0.2, 0) is 0 Å². The van der Waals surface area contributed by atoms with E-state index in [2.05, 4.69) is 20.1 Å². The Hall–Kier alpha value is -2.44. The molecule has 0 spiro atoms. The number of nitrogens with two attached hydrogens (primary N) is 1. The Morgan fingerprint density at radius 1 is 1.39 bits per heavy atom. The number of anilines is 1. The lowest BCUT2D eigenvalue weighted by Crippen LogP contribution is -2.25. The van der Waals surface area contributed by atoms with Crippen molar-refractivity contribution in [3.63, 3.8) is 0 Å². The van der Waals surface area contributed by atoms with Crippen LogP contribution in [0.25, 0.3) is 11.2 Å². The van der Waals surface area contributed by atoms with Crippen molar-refractivity contribution >= 4 is 22.8 Å². The Bertz CT molecular complexity index is 570. The maximum absolute atomic E-state index is 8.47. The van der Waals surface area contributed by atoms with E-state index in [9.17, 15) is 0 Å². The molecule has 0 aromatic carbocycles. The van der Waals surface area contributed by atoms with E-state index in [0.717, 1.165) is 11.3 Å². The van der Waals surface area contributed by atoms with Crippen molar-refractivity contribution in [1.29, 1.82) is 0 Å². The van der Waals surface area contributed by atoms with Crippen molar-refractivity contribution in [2.45, 2.75) is 6.42 Å². The molecule has 7 heteroatoms. The lowest BCUT2D eigenvalue weighted by molar-refractivity contribution is 0.317. The first-order valence-electron chi connectivity index (χ1n) is 5.46. The van der Waals surface area contributed by atoms with Crippen LogP contribution in [0.5, 0.6) is 0 Å². The molecule has 0 aliphatic rings. The van der Waals surface area contributed by atoms with Gasteiger partial charge in [0, 0.05) is 32.4 Å². The topological polar surface area (TPSA) is 101 Å². The van der Waals surface area contributed by atoms with Gasteiger partial charge in [0.15, 0.2) is 5.65 Å². The quantitative estimate of drug-likeness (QED) is 0.354. The lowest BCUT2D eigenvalue weighted by atomic mass is 10.3. The standard InChI is InChI=1S/C11H14N6O/c1-17(7-4-9(12)16-18)10-3-2-8-11(15-10)14-6-5-13-8/h2-3,5-6,18H,4,7H2,1H3,(H2,12,16). The van der Waals surface area contributed by atoms with E-state index in [0.29, 0.717) is 18.6 Å².